The van der Waals surface area contributed by atoms with Gasteiger partial charge in [0.25, 0.3) is 0 Å². The lowest BCUT2D eigenvalue weighted by atomic mass is 10.2. The highest BCUT2D eigenvalue weighted by Gasteiger charge is 2.21. The van der Waals surface area contributed by atoms with Crippen LogP contribution in [0.1, 0.15) is 25.7 Å². The molecule has 0 unspecified atom stereocenters. The third kappa shape index (κ3) is 3.51. The van der Waals surface area contributed by atoms with Gasteiger partial charge in [-0.2, -0.15) is 0 Å². The Morgan fingerprint density at radius 2 is 2.40 bits per heavy atom. The van der Waals surface area contributed by atoms with Crippen molar-refractivity contribution in [3.8, 4) is 0 Å². The first-order valence-corrected chi connectivity index (χ1v) is 5.53. The van der Waals surface area contributed by atoms with Crippen LogP contribution in [-0.2, 0) is 4.79 Å². The SMILES string of the molecule is O=C(CCC1CC1)Nc1ccnc(Cl)c1. The van der Waals surface area contributed by atoms with Crippen molar-refractivity contribution < 1.29 is 4.79 Å². The molecule has 0 radical (unpaired) electrons. The Bertz CT molecular complexity index is 363. The number of rotatable bonds is 4. The number of pyridine rings is 1. The molecule has 1 aliphatic rings. The van der Waals surface area contributed by atoms with E-state index in [0.29, 0.717) is 11.6 Å². The summed E-state index contributed by atoms with van der Waals surface area (Å²) in [6.45, 7) is 0. The second kappa shape index (κ2) is 4.62. The summed E-state index contributed by atoms with van der Waals surface area (Å²) < 4.78 is 0. The Morgan fingerprint density at radius 1 is 1.60 bits per heavy atom. The van der Waals surface area contributed by atoms with Crippen LogP contribution in [-0.4, -0.2) is 10.9 Å². The van der Waals surface area contributed by atoms with E-state index in [9.17, 15) is 4.79 Å². The Kier molecular flexibility index (Phi) is 3.21. The third-order valence-electron chi connectivity index (χ3n) is 2.49. The van der Waals surface area contributed by atoms with Crippen LogP contribution in [0.4, 0.5) is 5.69 Å². The van der Waals surface area contributed by atoms with Crippen LogP contribution < -0.4 is 5.32 Å². The average Bonchev–Trinajstić information content (AvgIpc) is 2.98. The summed E-state index contributed by atoms with van der Waals surface area (Å²) in [6, 6.07) is 3.39. The van der Waals surface area contributed by atoms with Crippen LogP contribution in [0.3, 0.4) is 0 Å². The first-order valence-electron chi connectivity index (χ1n) is 5.15. The molecule has 0 aromatic carbocycles. The molecule has 0 aliphatic heterocycles. The van der Waals surface area contributed by atoms with E-state index in [0.717, 1.165) is 18.0 Å². The number of aromatic nitrogens is 1. The van der Waals surface area contributed by atoms with Crippen LogP contribution in [0.2, 0.25) is 5.15 Å². The highest BCUT2D eigenvalue weighted by atomic mass is 35.5. The van der Waals surface area contributed by atoms with Gasteiger partial charge in [-0.15, -0.1) is 0 Å². The van der Waals surface area contributed by atoms with E-state index >= 15 is 0 Å². The summed E-state index contributed by atoms with van der Waals surface area (Å²) in [4.78, 5) is 15.3. The number of halogens is 1. The number of amides is 1. The number of anilines is 1. The largest absolute Gasteiger partial charge is 0.326 e. The van der Waals surface area contributed by atoms with Crippen LogP contribution in [0, 0.1) is 5.92 Å². The first-order chi connectivity index (χ1) is 7.24. The molecule has 1 saturated carbocycles. The average molecular weight is 225 g/mol. The summed E-state index contributed by atoms with van der Waals surface area (Å²) in [6.07, 6.45) is 5.76. The van der Waals surface area contributed by atoms with Crippen molar-refractivity contribution in [2.75, 3.05) is 5.32 Å². The minimum absolute atomic E-state index is 0.0594. The molecule has 0 saturated heterocycles. The molecule has 1 heterocycles. The lowest BCUT2D eigenvalue weighted by molar-refractivity contribution is -0.116. The Balaban J connectivity index is 1.81. The highest BCUT2D eigenvalue weighted by molar-refractivity contribution is 6.29. The van der Waals surface area contributed by atoms with E-state index < -0.39 is 0 Å². The van der Waals surface area contributed by atoms with Gasteiger partial charge in [-0.1, -0.05) is 24.4 Å². The van der Waals surface area contributed by atoms with Crippen LogP contribution in [0.15, 0.2) is 18.3 Å². The summed E-state index contributed by atoms with van der Waals surface area (Å²) in [5.41, 5.74) is 0.718. The molecule has 4 heteroatoms. The van der Waals surface area contributed by atoms with E-state index in [1.54, 1.807) is 18.3 Å². The quantitative estimate of drug-likeness (QED) is 0.800. The van der Waals surface area contributed by atoms with E-state index in [4.69, 9.17) is 11.6 Å². The van der Waals surface area contributed by atoms with Gasteiger partial charge in [0, 0.05) is 18.3 Å². The number of hydrogen-bond acceptors (Lipinski definition) is 2. The number of carbonyl (C=O) groups excluding carboxylic acids is 1. The van der Waals surface area contributed by atoms with Gasteiger partial charge < -0.3 is 5.32 Å². The Morgan fingerprint density at radius 3 is 3.07 bits per heavy atom. The summed E-state index contributed by atoms with van der Waals surface area (Å²) in [7, 11) is 0. The van der Waals surface area contributed by atoms with Gasteiger partial charge in [0.1, 0.15) is 5.15 Å². The number of hydrogen-bond donors (Lipinski definition) is 1. The second-order valence-corrected chi connectivity index (χ2v) is 4.28. The molecule has 1 amide bonds. The zero-order chi connectivity index (χ0) is 10.7. The maximum Gasteiger partial charge on any atom is 0.224 e. The summed E-state index contributed by atoms with van der Waals surface area (Å²) in [5.74, 6) is 0.848. The number of nitrogens with zero attached hydrogens (tertiary/aromatic N) is 1. The molecule has 0 atom stereocenters. The lowest BCUT2D eigenvalue weighted by Gasteiger charge is -2.04. The van der Waals surface area contributed by atoms with Crippen LogP contribution in [0.25, 0.3) is 0 Å². The topological polar surface area (TPSA) is 42.0 Å². The zero-order valence-electron chi connectivity index (χ0n) is 8.37. The molecule has 0 bridgehead atoms. The molecule has 15 heavy (non-hydrogen) atoms. The van der Waals surface area contributed by atoms with E-state index in [-0.39, 0.29) is 5.91 Å². The summed E-state index contributed by atoms with van der Waals surface area (Å²) >= 11 is 5.70. The maximum absolute atomic E-state index is 11.5. The van der Waals surface area contributed by atoms with Gasteiger partial charge in [0.2, 0.25) is 5.91 Å². The monoisotopic (exact) mass is 224 g/mol. The third-order valence-corrected chi connectivity index (χ3v) is 2.69. The molecule has 2 rings (SSSR count). The molecule has 80 valence electrons. The minimum atomic E-state index is 0.0594. The van der Waals surface area contributed by atoms with Crippen molar-refractivity contribution in [3.05, 3.63) is 23.5 Å². The van der Waals surface area contributed by atoms with Crippen molar-refractivity contribution >= 4 is 23.2 Å². The molecule has 0 spiro atoms. The maximum atomic E-state index is 11.5. The fourth-order valence-corrected chi connectivity index (χ4v) is 1.62. The van der Waals surface area contributed by atoms with Crippen molar-refractivity contribution in [1.82, 2.24) is 4.98 Å². The summed E-state index contributed by atoms with van der Waals surface area (Å²) in [5, 5.41) is 3.20. The molecule has 3 nitrogen and oxygen atoms in total. The second-order valence-electron chi connectivity index (χ2n) is 3.90. The van der Waals surface area contributed by atoms with E-state index in [1.165, 1.54) is 12.8 Å². The van der Waals surface area contributed by atoms with Gasteiger partial charge in [-0.05, 0) is 24.5 Å². The number of carbonyl (C=O) groups is 1. The highest BCUT2D eigenvalue weighted by Crippen LogP contribution is 2.33. The van der Waals surface area contributed by atoms with Crippen LogP contribution in [0.5, 0.6) is 0 Å². The van der Waals surface area contributed by atoms with Crippen molar-refractivity contribution in [2.24, 2.45) is 5.92 Å². The molecule has 1 fully saturated rings. The molecular weight excluding hydrogens is 212 g/mol. The van der Waals surface area contributed by atoms with Crippen molar-refractivity contribution in [3.63, 3.8) is 0 Å². The normalized spacial score (nSPS) is 15.0. The minimum Gasteiger partial charge on any atom is -0.326 e. The van der Waals surface area contributed by atoms with Crippen LogP contribution >= 0.6 is 11.6 Å². The van der Waals surface area contributed by atoms with Crippen molar-refractivity contribution in [2.45, 2.75) is 25.7 Å². The predicted octanol–water partition coefficient (Wildman–Crippen LogP) is 2.86. The van der Waals surface area contributed by atoms with E-state index in [1.807, 2.05) is 0 Å². The Hall–Kier alpha value is -1.09. The zero-order valence-corrected chi connectivity index (χ0v) is 9.13. The molecule has 1 aromatic rings. The van der Waals surface area contributed by atoms with Gasteiger partial charge in [0.05, 0.1) is 0 Å². The fourth-order valence-electron chi connectivity index (χ4n) is 1.45. The molecular formula is C11H13ClN2O. The molecule has 1 aromatic heterocycles. The van der Waals surface area contributed by atoms with Crippen molar-refractivity contribution in [1.29, 1.82) is 0 Å². The van der Waals surface area contributed by atoms with Gasteiger partial charge in [-0.3, -0.25) is 4.79 Å². The predicted molar refractivity (Wildman–Crippen MR) is 59.8 cm³/mol. The van der Waals surface area contributed by atoms with E-state index in [2.05, 4.69) is 10.3 Å². The Labute approximate surface area is 93.8 Å². The van der Waals surface area contributed by atoms with Gasteiger partial charge >= 0.3 is 0 Å². The molecule has 1 N–H and O–H groups in total. The first kappa shape index (κ1) is 10.4. The number of nitrogens with one attached hydrogen (secondary N) is 1. The smallest absolute Gasteiger partial charge is 0.224 e. The molecule has 1 aliphatic carbocycles. The standard InChI is InChI=1S/C11H13ClN2O/c12-10-7-9(5-6-13-10)14-11(15)4-3-8-1-2-8/h5-8H,1-4H2,(H,13,14,15). The van der Waals surface area contributed by atoms with Gasteiger partial charge in [-0.25, -0.2) is 4.98 Å². The fraction of sp³-hybridized carbons (Fsp3) is 0.455. The van der Waals surface area contributed by atoms with Gasteiger partial charge in [0.15, 0.2) is 0 Å². The lowest BCUT2D eigenvalue weighted by Crippen LogP contribution is -2.11.